The SMILES string of the molecule is CN(C)C(=O)c1cn2c(n1)CN(C(=O)C[C@H](N)Cc1cc(F)ccc1F)CC2.Cl.Cl. The molecule has 0 radical (unpaired) electrons. The second-order valence-electron chi connectivity index (χ2n) is 7.15. The average molecular weight is 464 g/mol. The third-order valence-corrected chi connectivity index (χ3v) is 4.71. The Balaban J connectivity index is 0.00000225. The van der Waals surface area contributed by atoms with Crippen molar-refractivity contribution in [1.82, 2.24) is 19.4 Å². The zero-order valence-corrected chi connectivity index (χ0v) is 18.3. The smallest absolute Gasteiger partial charge is 0.273 e. The number of fused-ring (bicyclic) bond motifs is 1. The van der Waals surface area contributed by atoms with E-state index in [4.69, 9.17) is 5.73 Å². The van der Waals surface area contributed by atoms with E-state index >= 15 is 0 Å². The molecule has 0 saturated heterocycles. The number of carbonyl (C=O) groups excluding carboxylic acids is 2. The van der Waals surface area contributed by atoms with Crippen molar-refractivity contribution in [3.8, 4) is 0 Å². The van der Waals surface area contributed by atoms with Crippen molar-refractivity contribution < 1.29 is 18.4 Å². The fourth-order valence-electron chi connectivity index (χ4n) is 3.21. The van der Waals surface area contributed by atoms with Crippen LogP contribution in [-0.2, 0) is 24.3 Å². The van der Waals surface area contributed by atoms with Crippen LogP contribution >= 0.6 is 24.8 Å². The number of rotatable bonds is 5. The van der Waals surface area contributed by atoms with Crippen molar-refractivity contribution in [2.24, 2.45) is 5.73 Å². The van der Waals surface area contributed by atoms with Gasteiger partial charge in [0, 0.05) is 45.8 Å². The Kier molecular flexibility index (Phi) is 9.20. The van der Waals surface area contributed by atoms with E-state index in [1.54, 1.807) is 25.2 Å². The summed E-state index contributed by atoms with van der Waals surface area (Å²) in [7, 11) is 3.30. The topological polar surface area (TPSA) is 84.5 Å². The standard InChI is InChI=1S/C19H23F2N5O2.2ClH/c1-24(2)19(28)16-10-25-5-6-26(11-17(25)23-16)18(27)9-14(22)8-12-7-13(20)3-4-15(12)21;;/h3-4,7,10,14H,5-6,8-9,11,22H2,1-2H3;2*1H/t14-;;/m1../s1. The summed E-state index contributed by atoms with van der Waals surface area (Å²) in [5, 5.41) is 0. The number of carbonyl (C=O) groups is 2. The number of imidazole rings is 1. The van der Waals surface area contributed by atoms with Crippen molar-refractivity contribution in [3.63, 3.8) is 0 Å². The number of nitrogens with zero attached hydrogens (tertiary/aromatic N) is 4. The molecule has 2 aromatic rings. The molecule has 0 unspecified atom stereocenters. The molecule has 0 bridgehead atoms. The molecule has 2 amide bonds. The quantitative estimate of drug-likeness (QED) is 0.734. The maximum atomic E-state index is 13.8. The van der Waals surface area contributed by atoms with Crippen molar-refractivity contribution >= 4 is 36.6 Å². The molecule has 1 aromatic heterocycles. The van der Waals surface area contributed by atoms with Crippen LogP contribution < -0.4 is 5.73 Å². The number of aromatic nitrogens is 2. The molecule has 0 saturated carbocycles. The molecule has 30 heavy (non-hydrogen) atoms. The lowest BCUT2D eigenvalue weighted by atomic mass is 10.0. The predicted molar refractivity (Wildman–Crippen MR) is 113 cm³/mol. The zero-order valence-electron chi connectivity index (χ0n) is 16.7. The third-order valence-electron chi connectivity index (χ3n) is 4.71. The van der Waals surface area contributed by atoms with E-state index in [1.807, 2.05) is 4.57 Å². The number of nitrogens with two attached hydrogens (primary N) is 1. The Morgan fingerprint density at radius 3 is 2.60 bits per heavy atom. The van der Waals surface area contributed by atoms with Gasteiger partial charge >= 0.3 is 0 Å². The van der Waals surface area contributed by atoms with Crippen LogP contribution in [0, 0.1) is 11.6 Å². The van der Waals surface area contributed by atoms with Crippen LogP contribution in [0.2, 0.25) is 0 Å². The van der Waals surface area contributed by atoms with Gasteiger partial charge in [0.05, 0.1) is 6.54 Å². The Morgan fingerprint density at radius 1 is 1.23 bits per heavy atom. The van der Waals surface area contributed by atoms with E-state index in [0.29, 0.717) is 24.6 Å². The fourth-order valence-corrected chi connectivity index (χ4v) is 3.21. The van der Waals surface area contributed by atoms with Crippen LogP contribution in [0.15, 0.2) is 24.4 Å². The first-order valence-electron chi connectivity index (χ1n) is 8.99. The normalized spacial score (nSPS) is 13.6. The summed E-state index contributed by atoms with van der Waals surface area (Å²) >= 11 is 0. The number of hydrogen-bond acceptors (Lipinski definition) is 4. The molecule has 1 atom stereocenters. The molecule has 1 aliphatic heterocycles. The molecule has 0 aliphatic carbocycles. The maximum Gasteiger partial charge on any atom is 0.273 e. The summed E-state index contributed by atoms with van der Waals surface area (Å²) in [5.74, 6) is -0.823. The largest absolute Gasteiger partial charge is 0.343 e. The minimum Gasteiger partial charge on any atom is -0.343 e. The molecule has 2 heterocycles. The molecule has 166 valence electrons. The Bertz CT molecular complexity index is 907. The Hall–Kier alpha value is -2.23. The van der Waals surface area contributed by atoms with Crippen LogP contribution in [0.4, 0.5) is 8.78 Å². The third kappa shape index (κ3) is 5.90. The van der Waals surface area contributed by atoms with Crippen molar-refractivity contribution in [2.45, 2.75) is 32.0 Å². The lowest BCUT2D eigenvalue weighted by Crippen LogP contribution is -2.41. The molecule has 1 aliphatic rings. The molecule has 2 N–H and O–H groups in total. The van der Waals surface area contributed by atoms with Gasteiger partial charge in [-0.3, -0.25) is 9.59 Å². The number of amides is 2. The monoisotopic (exact) mass is 463 g/mol. The van der Waals surface area contributed by atoms with Gasteiger partial charge in [-0.2, -0.15) is 0 Å². The molecule has 0 spiro atoms. The van der Waals surface area contributed by atoms with E-state index < -0.39 is 17.7 Å². The summed E-state index contributed by atoms with van der Waals surface area (Å²) in [5.41, 5.74) is 6.49. The second-order valence-corrected chi connectivity index (χ2v) is 7.15. The van der Waals surface area contributed by atoms with Crippen LogP contribution in [0.5, 0.6) is 0 Å². The van der Waals surface area contributed by atoms with Crippen LogP contribution in [-0.4, -0.2) is 57.8 Å². The van der Waals surface area contributed by atoms with E-state index in [2.05, 4.69) is 4.98 Å². The highest BCUT2D eigenvalue weighted by atomic mass is 35.5. The molecular weight excluding hydrogens is 439 g/mol. The second kappa shape index (κ2) is 10.7. The summed E-state index contributed by atoms with van der Waals surface area (Å²) in [6.45, 7) is 1.28. The van der Waals surface area contributed by atoms with Gasteiger partial charge in [-0.15, -0.1) is 24.8 Å². The van der Waals surface area contributed by atoms with Crippen molar-refractivity contribution in [1.29, 1.82) is 0 Å². The van der Waals surface area contributed by atoms with Gasteiger partial charge in [0.25, 0.3) is 5.91 Å². The molecule has 7 nitrogen and oxygen atoms in total. The first kappa shape index (κ1) is 25.8. The molecular formula is C19H25Cl2F2N5O2. The first-order valence-corrected chi connectivity index (χ1v) is 8.99. The predicted octanol–water partition coefficient (Wildman–Crippen LogP) is 2.01. The van der Waals surface area contributed by atoms with Gasteiger partial charge in [0.1, 0.15) is 23.2 Å². The van der Waals surface area contributed by atoms with Gasteiger partial charge in [-0.25, -0.2) is 13.8 Å². The van der Waals surface area contributed by atoms with Gasteiger partial charge in [0.2, 0.25) is 5.91 Å². The lowest BCUT2D eigenvalue weighted by Gasteiger charge is -2.28. The number of halogens is 4. The van der Waals surface area contributed by atoms with Crippen LogP contribution in [0.3, 0.4) is 0 Å². The minimum absolute atomic E-state index is 0. The van der Waals surface area contributed by atoms with Gasteiger partial charge in [-0.1, -0.05) is 0 Å². The van der Waals surface area contributed by atoms with E-state index in [-0.39, 0.29) is 61.6 Å². The fraction of sp³-hybridized carbons (Fsp3) is 0.421. The molecule has 11 heteroatoms. The molecule has 1 aromatic carbocycles. The van der Waals surface area contributed by atoms with E-state index in [1.165, 1.54) is 4.90 Å². The summed E-state index contributed by atoms with van der Waals surface area (Å²) in [6, 6.07) is 2.56. The number of hydrogen-bond donors (Lipinski definition) is 1. The van der Waals surface area contributed by atoms with E-state index in [9.17, 15) is 18.4 Å². The molecule has 3 rings (SSSR count). The van der Waals surface area contributed by atoms with Crippen LogP contribution in [0.1, 0.15) is 28.3 Å². The first-order chi connectivity index (χ1) is 13.2. The van der Waals surface area contributed by atoms with Gasteiger partial charge in [-0.05, 0) is 30.2 Å². The van der Waals surface area contributed by atoms with Gasteiger partial charge in [0.15, 0.2) is 0 Å². The highest BCUT2D eigenvalue weighted by Gasteiger charge is 2.25. The highest BCUT2D eigenvalue weighted by Crippen LogP contribution is 2.17. The van der Waals surface area contributed by atoms with Crippen molar-refractivity contribution in [3.05, 3.63) is 53.1 Å². The Labute approximate surface area is 186 Å². The van der Waals surface area contributed by atoms with Crippen molar-refractivity contribution in [2.75, 3.05) is 20.6 Å². The summed E-state index contributed by atoms with van der Waals surface area (Å²) in [4.78, 5) is 32.0. The maximum absolute atomic E-state index is 13.8. The lowest BCUT2D eigenvalue weighted by molar-refractivity contribution is -0.133. The van der Waals surface area contributed by atoms with Crippen LogP contribution in [0.25, 0.3) is 0 Å². The summed E-state index contributed by atoms with van der Waals surface area (Å²) in [6.07, 6.45) is 1.78. The number of benzene rings is 1. The Morgan fingerprint density at radius 2 is 1.93 bits per heavy atom. The average Bonchev–Trinajstić information content (AvgIpc) is 3.07. The van der Waals surface area contributed by atoms with Gasteiger partial charge < -0.3 is 20.1 Å². The molecule has 0 fully saturated rings. The van der Waals surface area contributed by atoms with E-state index in [0.717, 1.165) is 18.2 Å². The zero-order chi connectivity index (χ0) is 20.4. The minimum atomic E-state index is -0.628. The summed E-state index contributed by atoms with van der Waals surface area (Å²) < 4.78 is 28.9. The highest BCUT2D eigenvalue weighted by molar-refractivity contribution is 5.91.